The zero-order valence-electron chi connectivity index (χ0n) is 31.6. The second-order valence-electron chi connectivity index (χ2n) is 16.5. The van der Waals surface area contributed by atoms with Gasteiger partial charge in [-0.1, -0.05) is 137 Å². The maximum Gasteiger partial charge on any atom is 0.238 e. The third-order valence-corrected chi connectivity index (χ3v) is 13.8. The van der Waals surface area contributed by atoms with E-state index in [1.165, 1.54) is 75.5 Å². The quantitative estimate of drug-likeness (QED) is 0.181. The lowest BCUT2D eigenvalue weighted by Gasteiger charge is -2.22. The summed E-state index contributed by atoms with van der Waals surface area (Å²) in [4.78, 5) is 16.1. The van der Waals surface area contributed by atoms with Crippen LogP contribution in [0.3, 0.4) is 0 Å². The Morgan fingerprint density at radius 2 is 0.946 bits per heavy atom. The molecule has 0 fully saturated rings. The van der Waals surface area contributed by atoms with Gasteiger partial charge in [0.05, 0.1) is 11.0 Å². The van der Waals surface area contributed by atoms with Crippen molar-refractivity contribution < 1.29 is 0 Å². The molecule has 266 valence electrons. The number of hydrogen-bond acceptors (Lipinski definition) is 4. The SMILES string of the molecule is CC1(C)c2ccccc2-c2ccc(-c3nc(-c4ccc5c(c4)C(C)(C)c4ccccc4-5)nc(-n4c5ccccc5c5cc6c(cc54)sc4ccccc46)n3)cc21. The molecule has 0 radical (unpaired) electrons. The zero-order valence-corrected chi connectivity index (χ0v) is 32.4. The first-order valence-electron chi connectivity index (χ1n) is 19.4. The molecule has 0 N–H and O–H groups in total. The second-order valence-corrected chi connectivity index (χ2v) is 17.5. The molecule has 0 atom stereocenters. The minimum absolute atomic E-state index is 0.149. The van der Waals surface area contributed by atoms with Gasteiger partial charge in [0.1, 0.15) is 0 Å². The van der Waals surface area contributed by atoms with Gasteiger partial charge in [-0.15, -0.1) is 11.3 Å². The molecule has 3 heterocycles. The Bertz CT molecular complexity index is 3200. The van der Waals surface area contributed by atoms with Crippen LogP contribution in [0.5, 0.6) is 0 Å². The Labute approximate surface area is 328 Å². The highest BCUT2D eigenvalue weighted by Gasteiger charge is 2.37. The van der Waals surface area contributed by atoms with E-state index in [-0.39, 0.29) is 10.8 Å². The molecular formula is C51H36N4S. The Morgan fingerprint density at radius 3 is 1.59 bits per heavy atom. The van der Waals surface area contributed by atoms with E-state index in [9.17, 15) is 0 Å². The van der Waals surface area contributed by atoms with E-state index in [1.807, 2.05) is 11.3 Å². The van der Waals surface area contributed by atoms with Gasteiger partial charge < -0.3 is 0 Å². The van der Waals surface area contributed by atoms with Gasteiger partial charge in [-0.05, 0) is 80.9 Å². The molecule has 0 saturated heterocycles. The predicted molar refractivity (Wildman–Crippen MR) is 233 cm³/mol. The van der Waals surface area contributed by atoms with Crippen LogP contribution in [0.4, 0.5) is 0 Å². The first-order chi connectivity index (χ1) is 27.3. The molecule has 4 nitrogen and oxygen atoms in total. The van der Waals surface area contributed by atoms with E-state index in [2.05, 4.69) is 178 Å². The van der Waals surface area contributed by atoms with Crippen LogP contribution in [0, 0.1) is 0 Å². The summed E-state index contributed by atoms with van der Waals surface area (Å²) in [7, 11) is 0. The normalized spacial score (nSPS) is 14.7. The van der Waals surface area contributed by atoms with Crippen molar-refractivity contribution in [1.29, 1.82) is 0 Å². The summed E-state index contributed by atoms with van der Waals surface area (Å²) in [5, 5.41) is 4.94. The Morgan fingerprint density at radius 1 is 0.411 bits per heavy atom. The maximum atomic E-state index is 5.39. The molecule has 0 unspecified atom stereocenters. The topological polar surface area (TPSA) is 43.6 Å². The van der Waals surface area contributed by atoms with Crippen LogP contribution in [-0.2, 0) is 10.8 Å². The van der Waals surface area contributed by atoms with E-state index in [0.717, 1.165) is 22.2 Å². The van der Waals surface area contributed by atoms with Crippen molar-refractivity contribution in [3.63, 3.8) is 0 Å². The van der Waals surface area contributed by atoms with Gasteiger partial charge in [0.2, 0.25) is 5.95 Å². The summed E-state index contributed by atoms with van der Waals surface area (Å²) in [6, 6.07) is 53.1. The van der Waals surface area contributed by atoms with Crippen molar-refractivity contribution in [3.05, 3.63) is 168 Å². The van der Waals surface area contributed by atoms with Gasteiger partial charge in [0, 0.05) is 52.9 Å². The van der Waals surface area contributed by atoms with Gasteiger partial charge in [-0.2, -0.15) is 9.97 Å². The molecule has 0 saturated carbocycles. The Hall–Kier alpha value is -6.43. The largest absolute Gasteiger partial charge is 0.278 e. The van der Waals surface area contributed by atoms with Crippen LogP contribution < -0.4 is 0 Å². The third kappa shape index (κ3) is 4.26. The Balaban J connectivity index is 1.12. The molecule has 0 aliphatic heterocycles. The number of rotatable bonds is 3. The van der Waals surface area contributed by atoms with Crippen LogP contribution in [0.2, 0.25) is 0 Å². The molecule has 3 aromatic heterocycles. The summed E-state index contributed by atoms with van der Waals surface area (Å²) in [5.74, 6) is 1.94. The van der Waals surface area contributed by atoms with Gasteiger partial charge in [-0.3, -0.25) is 4.57 Å². The molecule has 7 aromatic carbocycles. The molecule has 0 spiro atoms. The lowest BCUT2D eigenvalue weighted by atomic mass is 9.82. The molecule has 2 aliphatic rings. The van der Waals surface area contributed by atoms with Gasteiger partial charge >= 0.3 is 0 Å². The van der Waals surface area contributed by atoms with Crippen molar-refractivity contribution in [2.75, 3.05) is 0 Å². The summed E-state index contributed by atoms with van der Waals surface area (Å²) >= 11 is 1.84. The molecule has 0 bridgehead atoms. The second kappa shape index (κ2) is 11.1. The van der Waals surface area contributed by atoms with Crippen molar-refractivity contribution in [1.82, 2.24) is 19.5 Å². The summed E-state index contributed by atoms with van der Waals surface area (Å²) in [5.41, 5.74) is 14.3. The number of nitrogens with zero attached hydrogens (tertiary/aromatic N) is 4. The predicted octanol–water partition coefficient (Wildman–Crippen LogP) is 13.3. The van der Waals surface area contributed by atoms with Crippen LogP contribution >= 0.6 is 11.3 Å². The summed E-state index contributed by atoms with van der Waals surface area (Å²) < 4.78 is 4.79. The van der Waals surface area contributed by atoms with Crippen molar-refractivity contribution in [2.24, 2.45) is 0 Å². The van der Waals surface area contributed by atoms with Crippen molar-refractivity contribution >= 4 is 53.3 Å². The minimum atomic E-state index is -0.149. The van der Waals surface area contributed by atoms with Gasteiger partial charge in [-0.25, -0.2) is 4.98 Å². The van der Waals surface area contributed by atoms with E-state index < -0.39 is 0 Å². The molecule has 56 heavy (non-hydrogen) atoms. The van der Waals surface area contributed by atoms with E-state index in [1.54, 1.807) is 0 Å². The van der Waals surface area contributed by atoms with Crippen molar-refractivity contribution in [2.45, 2.75) is 38.5 Å². The maximum absolute atomic E-state index is 5.39. The summed E-state index contributed by atoms with van der Waals surface area (Å²) in [6.45, 7) is 9.29. The molecule has 5 heteroatoms. The number of thiophene rings is 1. The number of aromatic nitrogens is 4. The smallest absolute Gasteiger partial charge is 0.238 e. The lowest BCUT2D eigenvalue weighted by molar-refractivity contribution is 0.660. The lowest BCUT2D eigenvalue weighted by Crippen LogP contribution is -2.15. The van der Waals surface area contributed by atoms with Crippen LogP contribution in [-0.4, -0.2) is 19.5 Å². The van der Waals surface area contributed by atoms with E-state index in [4.69, 9.17) is 15.0 Å². The number of para-hydroxylation sites is 1. The van der Waals surface area contributed by atoms with Crippen LogP contribution in [0.1, 0.15) is 49.9 Å². The highest BCUT2D eigenvalue weighted by molar-refractivity contribution is 7.25. The first kappa shape index (κ1) is 31.9. The third-order valence-electron chi connectivity index (χ3n) is 12.7. The monoisotopic (exact) mass is 736 g/mol. The van der Waals surface area contributed by atoms with Crippen molar-refractivity contribution in [3.8, 4) is 51.0 Å². The molecule has 12 rings (SSSR count). The Kier molecular flexibility index (Phi) is 6.31. The first-order valence-corrected chi connectivity index (χ1v) is 20.2. The van der Waals surface area contributed by atoms with Gasteiger partial charge in [0.25, 0.3) is 0 Å². The van der Waals surface area contributed by atoms with E-state index in [0.29, 0.717) is 17.6 Å². The average Bonchev–Trinajstić information content (AvgIpc) is 3.90. The van der Waals surface area contributed by atoms with Crippen LogP contribution in [0.25, 0.3) is 93.0 Å². The summed E-state index contributed by atoms with van der Waals surface area (Å²) in [6.07, 6.45) is 0. The van der Waals surface area contributed by atoms with E-state index >= 15 is 0 Å². The number of fused-ring (bicyclic) bond motifs is 12. The standard InChI is InChI=1S/C51H36N4S/c1-50(2)39-17-9-5-13-31(39)33-23-21-29(25-41(33)50)47-52-48(30-22-24-34-32-14-6-10-18-40(32)51(3,4)42(34)26-30)54-49(53-47)55-43-19-11-7-15-35(43)37-27-38-36-16-8-12-20-45(36)56-46(38)28-44(37)55/h5-28H,1-4H3. The molecular weight excluding hydrogens is 701 g/mol. The van der Waals surface area contributed by atoms with Gasteiger partial charge in [0.15, 0.2) is 11.6 Å². The minimum Gasteiger partial charge on any atom is -0.278 e. The molecule has 10 aromatic rings. The fourth-order valence-electron chi connectivity index (χ4n) is 9.81. The number of hydrogen-bond donors (Lipinski definition) is 0. The fraction of sp³-hybridized carbons (Fsp3) is 0.118. The molecule has 2 aliphatic carbocycles. The number of benzene rings is 7. The highest BCUT2D eigenvalue weighted by atomic mass is 32.1. The van der Waals surface area contributed by atoms with Crippen LogP contribution in [0.15, 0.2) is 146 Å². The molecule has 0 amide bonds. The highest BCUT2D eigenvalue weighted by Crippen LogP contribution is 2.51. The fourth-order valence-corrected chi connectivity index (χ4v) is 10.9. The zero-order chi connectivity index (χ0) is 37.5. The average molecular weight is 737 g/mol.